The fraction of sp³-hybridized carbons (Fsp3) is 0.625. The summed E-state index contributed by atoms with van der Waals surface area (Å²) in [5.41, 5.74) is 0. The van der Waals surface area contributed by atoms with Gasteiger partial charge in [-0.05, 0) is 13.3 Å². The first-order valence-electron chi connectivity index (χ1n) is 4.31. The molecule has 1 aromatic rings. The first-order chi connectivity index (χ1) is 6.56. The van der Waals surface area contributed by atoms with Gasteiger partial charge in [0.25, 0.3) is 0 Å². The van der Waals surface area contributed by atoms with Crippen molar-refractivity contribution in [2.75, 3.05) is 0 Å². The molecule has 1 rings (SSSR count). The van der Waals surface area contributed by atoms with E-state index in [1.54, 1.807) is 4.57 Å². The molecule has 5 nitrogen and oxygen atoms in total. The van der Waals surface area contributed by atoms with Crippen molar-refractivity contribution in [1.82, 2.24) is 14.8 Å². The monoisotopic (exact) mass is 215 g/mol. The molecule has 0 aliphatic heterocycles. The van der Waals surface area contributed by atoms with Crippen molar-refractivity contribution in [3.8, 4) is 0 Å². The maximum Gasteiger partial charge on any atom is 0.317 e. The molecule has 0 bridgehead atoms. The van der Waals surface area contributed by atoms with Gasteiger partial charge in [0.1, 0.15) is 11.1 Å². The Hall–Kier alpha value is -1.04. The van der Waals surface area contributed by atoms with Crippen LogP contribution in [0.2, 0.25) is 0 Å². The Morgan fingerprint density at radius 2 is 2.29 bits per heavy atom. The average Bonchev–Trinajstić information content (AvgIpc) is 2.44. The van der Waals surface area contributed by atoms with Gasteiger partial charge in [-0.2, -0.15) is 0 Å². The summed E-state index contributed by atoms with van der Waals surface area (Å²) in [6.45, 7) is 3.67. The van der Waals surface area contributed by atoms with Crippen LogP contribution in [0, 0.1) is 6.92 Å². The van der Waals surface area contributed by atoms with Crippen molar-refractivity contribution in [1.29, 1.82) is 0 Å². The van der Waals surface area contributed by atoms with Crippen molar-refractivity contribution >= 4 is 17.7 Å². The molecule has 0 radical (unpaired) electrons. The lowest BCUT2D eigenvalue weighted by atomic mass is 10.3. The Morgan fingerprint density at radius 3 is 2.64 bits per heavy atom. The molecule has 0 aliphatic rings. The molecule has 6 heteroatoms. The average molecular weight is 215 g/mol. The smallest absolute Gasteiger partial charge is 0.317 e. The van der Waals surface area contributed by atoms with Crippen LogP contribution in [-0.2, 0) is 11.8 Å². The highest BCUT2D eigenvalue weighted by Gasteiger charge is 2.19. The topological polar surface area (TPSA) is 68.0 Å². The minimum atomic E-state index is -0.807. The molecule has 0 saturated heterocycles. The number of hydrogen-bond acceptors (Lipinski definition) is 4. The molecule has 0 aromatic carbocycles. The van der Waals surface area contributed by atoms with Gasteiger partial charge >= 0.3 is 5.97 Å². The number of thioether (sulfide) groups is 1. The number of nitrogens with zero attached hydrogens (tertiary/aromatic N) is 3. The third-order valence-corrected chi connectivity index (χ3v) is 3.33. The summed E-state index contributed by atoms with van der Waals surface area (Å²) in [5, 5.41) is 16.8. The van der Waals surface area contributed by atoms with E-state index in [0.717, 1.165) is 5.82 Å². The summed E-state index contributed by atoms with van der Waals surface area (Å²) in [6.07, 6.45) is 0.575. The lowest BCUT2D eigenvalue weighted by Crippen LogP contribution is -2.15. The number of carboxylic acids is 1. The fourth-order valence-corrected chi connectivity index (χ4v) is 1.83. The van der Waals surface area contributed by atoms with E-state index < -0.39 is 11.2 Å². The number of hydrogen-bond donors (Lipinski definition) is 1. The molecule has 1 unspecified atom stereocenters. The standard InChI is InChI=1S/C8H13N3O2S/c1-4-6(7(12)13)14-8-10-9-5(2)11(8)3/h6H,4H2,1-3H3,(H,12,13). The van der Waals surface area contributed by atoms with Crippen LogP contribution in [0.5, 0.6) is 0 Å². The van der Waals surface area contributed by atoms with E-state index in [2.05, 4.69) is 10.2 Å². The second kappa shape index (κ2) is 4.45. The number of aryl methyl sites for hydroxylation is 1. The van der Waals surface area contributed by atoms with Crippen LogP contribution >= 0.6 is 11.8 Å². The summed E-state index contributed by atoms with van der Waals surface area (Å²) < 4.78 is 1.79. The molecule has 0 aliphatic carbocycles. The quantitative estimate of drug-likeness (QED) is 0.761. The lowest BCUT2D eigenvalue weighted by molar-refractivity contribution is -0.136. The molecule has 14 heavy (non-hydrogen) atoms. The van der Waals surface area contributed by atoms with Crippen molar-refractivity contribution in [3.63, 3.8) is 0 Å². The Balaban J connectivity index is 2.77. The molecule has 0 fully saturated rings. The highest BCUT2D eigenvalue weighted by atomic mass is 32.2. The van der Waals surface area contributed by atoms with Crippen molar-refractivity contribution in [3.05, 3.63) is 5.82 Å². The highest BCUT2D eigenvalue weighted by molar-refractivity contribution is 8.00. The molecule has 0 spiro atoms. The molecule has 1 atom stereocenters. The number of rotatable bonds is 4. The zero-order valence-electron chi connectivity index (χ0n) is 8.39. The van der Waals surface area contributed by atoms with E-state index in [0.29, 0.717) is 11.6 Å². The number of carbonyl (C=O) groups is 1. The van der Waals surface area contributed by atoms with Crippen LogP contribution < -0.4 is 0 Å². The van der Waals surface area contributed by atoms with Gasteiger partial charge in [0.15, 0.2) is 5.16 Å². The van der Waals surface area contributed by atoms with Crippen LogP contribution in [0.3, 0.4) is 0 Å². The van der Waals surface area contributed by atoms with E-state index in [9.17, 15) is 4.79 Å². The Kier molecular flexibility index (Phi) is 3.51. The van der Waals surface area contributed by atoms with Crippen molar-refractivity contribution in [2.45, 2.75) is 30.7 Å². The van der Waals surface area contributed by atoms with Gasteiger partial charge in [-0.3, -0.25) is 4.79 Å². The largest absolute Gasteiger partial charge is 0.480 e. The maximum absolute atomic E-state index is 10.8. The van der Waals surface area contributed by atoms with Gasteiger partial charge in [0, 0.05) is 7.05 Å². The van der Waals surface area contributed by atoms with Gasteiger partial charge in [-0.1, -0.05) is 18.7 Å². The molecule has 0 amide bonds. The Morgan fingerprint density at radius 1 is 1.64 bits per heavy atom. The highest BCUT2D eigenvalue weighted by Crippen LogP contribution is 2.23. The van der Waals surface area contributed by atoms with Gasteiger partial charge in [0.05, 0.1) is 0 Å². The zero-order valence-corrected chi connectivity index (χ0v) is 9.21. The van der Waals surface area contributed by atoms with Crippen LogP contribution in [0.4, 0.5) is 0 Å². The minimum absolute atomic E-state index is 0.447. The normalized spacial score (nSPS) is 12.8. The van der Waals surface area contributed by atoms with Gasteiger partial charge in [0.2, 0.25) is 0 Å². The van der Waals surface area contributed by atoms with Crippen molar-refractivity contribution < 1.29 is 9.90 Å². The summed E-state index contributed by atoms with van der Waals surface area (Å²) in [4.78, 5) is 10.8. The number of aromatic nitrogens is 3. The first-order valence-corrected chi connectivity index (χ1v) is 5.19. The second-order valence-electron chi connectivity index (χ2n) is 2.94. The van der Waals surface area contributed by atoms with Crippen molar-refractivity contribution in [2.24, 2.45) is 7.05 Å². The van der Waals surface area contributed by atoms with E-state index in [1.165, 1.54) is 11.8 Å². The number of aliphatic carboxylic acids is 1. The number of carboxylic acid groups (broad SMARTS) is 1. The Labute approximate surface area is 86.5 Å². The van der Waals surface area contributed by atoms with E-state index in [-0.39, 0.29) is 0 Å². The molecular formula is C8H13N3O2S. The summed E-state index contributed by atoms with van der Waals surface area (Å²) >= 11 is 1.23. The van der Waals surface area contributed by atoms with Crippen LogP contribution in [0.25, 0.3) is 0 Å². The Bertz CT molecular complexity index is 337. The van der Waals surface area contributed by atoms with Crippen LogP contribution in [0.1, 0.15) is 19.2 Å². The molecular weight excluding hydrogens is 202 g/mol. The maximum atomic E-state index is 10.8. The van der Waals surface area contributed by atoms with Gasteiger partial charge in [-0.15, -0.1) is 10.2 Å². The van der Waals surface area contributed by atoms with Gasteiger partial charge < -0.3 is 9.67 Å². The molecule has 1 N–H and O–H groups in total. The van der Waals surface area contributed by atoms with E-state index in [1.807, 2.05) is 20.9 Å². The van der Waals surface area contributed by atoms with Crippen LogP contribution in [0.15, 0.2) is 5.16 Å². The minimum Gasteiger partial charge on any atom is -0.480 e. The first kappa shape index (κ1) is 11.0. The third kappa shape index (κ3) is 2.25. The molecule has 78 valence electrons. The van der Waals surface area contributed by atoms with Gasteiger partial charge in [-0.25, -0.2) is 0 Å². The van der Waals surface area contributed by atoms with E-state index in [4.69, 9.17) is 5.11 Å². The van der Waals surface area contributed by atoms with E-state index >= 15 is 0 Å². The SMILES string of the molecule is CCC(Sc1nnc(C)n1C)C(=O)O. The molecule has 1 heterocycles. The predicted octanol–water partition coefficient (Wildman–Crippen LogP) is 1.08. The third-order valence-electron chi connectivity index (χ3n) is 1.95. The summed E-state index contributed by atoms with van der Waals surface area (Å²) in [6, 6.07) is 0. The molecule has 1 aromatic heterocycles. The molecule has 0 saturated carbocycles. The van der Waals surface area contributed by atoms with Crippen LogP contribution in [-0.4, -0.2) is 31.1 Å². The second-order valence-corrected chi connectivity index (χ2v) is 4.11. The predicted molar refractivity (Wildman–Crippen MR) is 53.3 cm³/mol. The summed E-state index contributed by atoms with van der Waals surface area (Å²) in [7, 11) is 1.83. The zero-order chi connectivity index (χ0) is 10.7. The lowest BCUT2D eigenvalue weighted by Gasteiger charge is -2.07. The summed E-state index contributed by atoms with van der Waals surface area (Å²) in [5.74, 6) is -0.0223. The fourth-order valence-electron chi connectivity index (χ4n) is 0.926.